The van der Waals surface area contributed by atoms with Crippen LogP contribution in [0.3, 0.4) is 0 Å². The van der Waals surface area contributed by atoms with Crippen LogP contribution in [-0.4, -0.2) is 18.1 Å². The van der Waals surface area contributed by atoms with Crippen LogP contribution in [0.1, 0.15) is 46.7 Å². The molecule has 2 aliphatic rings. The van der Waals surface area contributed by atoms with Gasteiger partial charge in [0.15, 0.2) is 0 Å². The molecule has 2 nitrogen and oxygen atoms in total. The van der Waals surface area contributed by atoms with E-state index in [0.29, 0.717) is 5.92 Å². The van der Waals surface area contributed by atoms with Crippen molar-refractivity contribution in [3.63, 3.8) is 0 Å². The molecular formula is C20H24N2. The molecule has 1 unspecified atom stereocenters. The van der Waals surface area contributed by atoms with Crippen LogP contribution in [-0.2, 0) is 12.8 Å². The Balaban J connectivity index is 1.86. The number of benzene rings is 1. The van der Waals surface area contributed by atoms with E-state index < -0.39 is 0 Å². The number of aromatic nitrogens is 1. The number of pyridine rings is 1. The second-order valence-electron chi connectivity index (χ2n) is 6.82. The van der Waals surface area contributed by atoms with Crippen LogP contribution in [0.15, 0.2) is 36.5 Å². The molecule has 1 aliphatic carbocycles. The van der Waals surface area contributed by atoms with Gasteiger partial charge in [-0.2, -0.15) is 0 Å². The first-order valence-corrected chi connectivity index (χ1v) is 8.57. The average Bonchev–Trinajstić information content (AvgIpc) is 2.72. The normalized spacial score (nSPS) is 21.8. The van der Waals surface area contributed by atoms with Gasteiger partial charge in [-0.1, -0.05) is 30.3 Å². The summed E-state index contributed by atoms with van der Waals surface area (Å²) in [5, 5.41) is 3.51. The smallest absolute Gasteiger partial charge is 0.0513 e. The third-order valence-electron chi connectivity index (χ3n) is 5.34. The van der Waals surface area contributed by atoms with Gasteiger partial charge in [-0.25, -0.2) is 0 Å². The van der Waals surface area contributed by atoms with Crippen LogP contribution in [0.25, 0.3) is 0 Å². The van der Waals surface area contributed by atoms with Crippen molar-refractivity contribution in [2.45, 2.75) is 38.5 Å². The lowest BCUT2D eigenvalue weighted by atomic mass is 9.77. The quantitative estimate of drug-likeness (QED) is 0.868. The highest BCUT2D eigenvalue weighted by atomic mass is 14.9. The number of nitrogens with zero attached hydrogens (tertiary/aromatic N) is 1. The first-order valence-electron chi connectivity index (χ1n) is 8.57. The summed E-state index contributed by atoms with van der Waals surface area (Å²) in [7, 11) is 0. The molecular weight excluding hydrogens is 268 g/mol. The summed E-state index contributed by atoms with van der Waals surface area (Å²) in [6.07, 6.45) is 6.85. The molecule has 2 heteroatoms. The molecule has 0 spiro atoms. The van der Waals surface area contributed by atoms with Crippen LogP contribution < -0.4 is 5.32 Å². The number of rotatable bonds is 1. The highest BCUT2D eigenvalue weighted by Crippen LogP contribution is 2.41. The van der Waals surface area contributed by atoms with Gasteiger partial charge in [0.05, 0.1) is 5.69 Å². The molecule has 1 atom stereocenters. The van der Waals surface area contributed by atoms with E-state index in [1.807, 2.05) is 0 Å². The van der Waals surface area contributed by atoms with Crippen molar-refractivity contribution in [3.05, 3.63) is 64.5 Å². The van der Waals surface area contributed by atoms with Gasteiger partial charge in [-0.05, 0) is 73.9 Å². The van der Waals surface area contributed by atoms with Crippen molar-refractivity contribution >= 4 is 0 Å². The predicted molar refractivity (Wildman–Crippen MR) is 90.3 cm³/mol. The fourth-order valence-corrected chi connectivity index (χ4v) is 4.26. The van der Waals surface area contributed by atoms with E-state index in [2.05, 4.69) is 48.8 Å². The number of aryl methyl sites for hydroxylation is 3. The van der Waals surface area contributed by atoms with Crippen LogP contribution >= 0.6 is 0 Å². The van der Waals surface area contributed by atoms with E-state index in [0.717, 1.165) is 31.8 Å². The number of fused-ring (bicyclic) bond motifs is 2. The summed E-state index contributed by atoms with van der Waals surface area (Å²) in [4.78, 5) is 4.91. The molecule has 2 aromatic rings. The average molecular weight is 292 g/mol. The molecule has 22 heavy (non-hydrogen) atoms. The van der Waals surface area contributed by atoms with Crippen molar-refractivity contribution < 1.29 is 0 Å². The summed E-state index contributed by atoms with van der Waals surface area (Å²) in [6.45, 7) is 4.44. The first-order chi connectivity index (χ1) is 10.8. The summed E-state index contributed by atoms with van der Waals surface area (Å²) in [5.41, 5.74) is 7.17. The Morgan fingerprint density at radius 2 is 1.82 bits per heavy atom. The van der Waals surface area contributed by atoms with Crippen LogP contribution in [0.2, 0.25) is 0 Å². The van der Waals surface area contributed by atoms with Crippen LogP contribution in [0.4, 0.5) is 0 Å². The van der Waals surface area contributed by atoms with Gasteiger partial charge >= 0.3 is 0 Å². The summed E-state index contributed by atoms with van der Waals surface area (Å²) < 4.78 is 0. The molecule has 0 saturated carbocycles. The minimum atomic E-state index is 0.483. The number of nitrogens with one attached hydrogen (secondary N) is 1. The lowest BCUT2D eigenvalue weighted by Gasteiger charge is -2.32. The molecule has 0 bridgehead atoms. The molecule has 1 aromatic carbocycles. The highest BCUT2D eigenvalue weighted by molar-refractivity contribution is 5.43. The second-order valence-corrected chi connectivity index (χ2v) is 6.82. The SMILES string of the molecule is Cc1cnc2c(c1)CCc1ccccc1C2C1CCNCC1. The number of hydrogen-bond acceptors (Lipinski definition) is 2. The molecule has 4 rings (SSSR count). The lowest BCUT2D eigenvalue weighted by molar-refractivity contribution is 0.338. The molecule has 1 aromatic heterocycles. The molecule has 1 aliphatic heterocycles. The maximum absolute atomic E-state index is 4.91. The fraction of sp³-hybridized carbons (Fsp3) is 0.450. The highest BCUT2D eigenvalue weighted by Gasteiger charge is 2.32. The second kappa shape index (κ2) is 5.85. The zero-order valence-corrected chi connectivity index (χ0v) is 13.3. The van der Waals surface area contributed by atoms with E-state index in [-0.39, 0.29) is 0 Å². The minimum Gasteiger partial charge on any atom is -0.317 e. The van der Waals surface area contributed by atoms with Gasteiger partial charge in [-0.15, -0.1) is 0 Å². The van der Waals surface area contributed by atoms with Crippen LogP contribution in [0.5, 0.6) is 0 Å². The van der Waals surface area contributed by atoms with Crippen molar-refractivity contribution in [1.82, 2.24) is 10.3 Å². The van der Waals surface area contributed by atoms with Crippen LogP contribution in [0, 0.1) is 12.8 Å². The van der Waals surface area contributed by atoms with Gasteiger partial charge in [0, 0.05) is 12.1 Å². The van der Waals surface area contributed by atoms with Crippen molar-refractivity contribution in [2.75, 3.05) is 13.1 Å². The Kier molecular flexibility index (Phi) is 3.71. The summed E-state index contributed by atoms with van der Waals surface area (Å²) >= 11 is 0. The number of hydrogen-bond donors (Lipinski definition) is 1. The monoisotopic (exact) mass is 292 g/mol. The predicted octanol–water partition coefficient (Wildman–Crippen LogP) is 3.62. The minimum absolute atomic E-state index is 0.483. The Morgan fingerprint density at radius 3 is 2.68 bits per heavy atom. The third-order valence-corrected chi connectivity index (χ3v) is 5.34. The number of piperidine rings is 1. The maximum Gasteiger partial charge on any atom is 0.0513 e. The van der Waals surface area contributed by atoms with Crippen molar-refractivity contribution in [3.8, 4) is 0 Å². The molecule has 0 amide bonds. The molecule has 1 fully saturated rings. The molecule has 2 heterocycles. The first kappa shape index (κ1) is 14.0. The van der Waals surface area contributed by atoms with E-state index in [9.17, 15) is 0 Å². The molecule has 114 valence electrons. The van der Waals surface area contributed by atoms with E-state index in [4.69, 9.17) is 4.98 Å². The Labute approximate surface area is 133 Å². The van der Waals surface area contributed by atoms with E-state index in [1.54, 1.807) is 0 Å². The van der Waals surface area contributed by atoms with Gasteiger partial charge in [0.2, 0.25) is 0 Å². The van der Waals surface area contributed by atoms with E-state index >= 15 is 0 Å². The topological polar surface area (TPSA) is 24.9 Å². The Morgan fingerprint density at radius 1 is 1.05 bits per heavy atom. The van der Waals surface area contributed by atoms with Gasteiger partial charge < -0.3 is 5.32 Å². The zero-order valence-electron chi connectivity index (χ0n) is 13.3. The van der Waals surface area contributed by atoms with Gasteiger partial charge in [0.1, 0.15) is 0 Å². The standard InChI is InChI=1S/C20H24N2/c1-14-12-17-7-6-15-4-2-3-5-18(15)19(20(17)22-13-14)16-8-10-21-11-9-16/h2-5,12-13,16,19,21H,6-11H2,1H3. The molecule has 0 radical (unpaired) electrons. The molecule has 1 N–H and O–H groups in total. The fourth-order valence-electron chi connectivity index (χ4n) is 4.26. The lowest BCUT2D eigenvalue weighted by Crippen LogP contribution is -2.31. The summed E-state index contributed by atoms with van der Waals surface area (Å²) in [5.74, 6) is 1.20. The van der Waals surface area contributed by atoms with Gasteiger partial charge in [-0.3, -0.25) is 4.98 Å². The van der Waals surface area contributed by atoms with Crippen molar-refractivity contribution in [2.24, 2.45) is 5.92 Å². The third kappa shape index (κ3) is 2.46. The Bertz CT molecular complexity index is 671. The molecule has 1 saturated heterocycles. The largest absolute Gasteiger partial charge is 0.317 e. The van der Waals surface area contributed by atoms with Crippen molar-refractivity contribution in [1.29, 1.82) is 0 Å². The maximum atomic E-state index is 4.91. The Hall–Kier alpha value is -1.67. The summed E-state index contributed by atoms with van der Waals surface area (Å²) in [6, 6.07) is 11.4. The van der Waals surface area contributed by atoms with Gasteiger partial charge in [0.25, 0.3) is 0 Å². The van der Waals surface area contributed by atoms with E-state index in [1.165, 1.54) is 40.8 Å². The zero-order chi connectivity index (χ0) is 14.9.